The Hall–Kier alpha value is -2.04. The number of amides is 1. The summed E-state index contributed by atoms with van der Waals surface area (Å²) in [5, 5.41) is 2.32. The predicted octanol–water partition coefficient (Wildman–Crippen LogP) is 2.03. The molecule has 0 atom stereocenters. The summed E-state index contributed by atoms with van der Waals surface area (Å²) in [6.07, 6.45) is 1.36. The average Bonchev–Trinajstić information content (AvgIpc) is 2.38. The maximum atomic E-state index is 11.2. The van der Waals surface area contributed by atoms with Gasteiger partial charge in [-0.05, 0) is 12.0 Å². The molecule has 0 aliphatic rings. The van der Waals surface area contributed by atoms with Gasteiger partial charge in [0.15, 0.2) is 6.73 Å². The number of carbonyl (C=O) groups is 2. The van der Waals surface area contributed by atoms with Crippen molar-refractivity contribution in [1.29, 1.82) is 0 Å². The van der Waals surface area contributed by atoms with Gasteiger partial charge in [0, 0.05) is 0 Å². The van der Waals surface area contributed by atoms with E-state index >= 15 is 0 Å². The van der Waals surface area contributed by atoms with Crippen LogP contribution in [0.4, 0.5) is 4.79 Å². The summed E-state index contributed by atoms with van der Waals surface area (Å²) >= 11 is 0. The van der Waals surface area contributed by atoms with Crippen LogP contribution in [-0.2, 0) is 20.9 Å². The van der Waals surface area contributed by atoms with Crippen molar-refractivity contribution in [2.75, 3.05) is 6.73 Å². The van der Waals surface area contributed by atoms with Crippen LogP contribution in [0.3, 0.4) is 0 Å². The van der Waals surface area contributed by atoms with Crippen LogP contribution in [0, 0.1) is 6.42 Å². The highest BCUT2D eigenvalue weighted by atomic mass is 16.6. The van der Waals surface area contributed by atoms with Gasteiger partial charge in [-0.15, -0.1) is 0 Å². The van der Waals surface area contributed by atoms with E-state index in [9.17, 15) is 9.59 Å². The fraction of sp³-hybridized carbons (Fsp3) is 0.308. The van der Waals surface area contributed by atoms with E-state index in [0.717, 1.165) is 5.56 Å². The fourth-order valence-electron chi connectivity index (χ4n) is 1.17. The number of benzene rings is 1. The Morgan fingerprint density at radius 3 is 2.61 bits per heavy atom. The van der Waals surface area contributed by atoms with Crippen molar-refractivity contribution in [3.8, 4) is 0 Å². The molecule has 18 heavy (non-hydrogen) atoms. The summed E-state index contributed by atoms with van der Waals surface area (Å²) in [6.45, 7) is 1.81. The highest BCUT2D eigenvalue weighted by Crippen LogP contribution is 2.00. The van der Waals surface area contributed by atoms with Crippen LogP contribution >= 0.6 is 0 Å². The zero-order chi connectivity index (χ0) is 13.2. The van der Waals surface area contributed by atoms with Gasteiger partial charge in [0.25, 0.3) is 0 Å². The lowest BCUT2D eigenvalue weighted by molar-refractivity contribution is -0.140. The average molecular weight is 250 g/mol. The monoisotopic (exact) mass is 250 g/mol. The van der Waals surface area contributed by atoms with E-state index in [0.29, 0.717) is 6.42 Å². The van der Waals surface area contributed by atoms with E-state index in [1.807, 2.05) is 37.3 Å². The number of ether oxygens (including phenoxy) is 2. The van der Waals surface area contributed by atoms with Gasteiger partial charge in [-0.1, -0.05) is 37.3 Å². The van der Waals surface area contributed by atoms with Crippen LogP contribution in [0.2, 0.25) is 0 Å². The van der Waals surface area contributed by atoms with Crippen LogP contribution in [0.25, 0.3) is 0 Å². The molecule has 5 heteroatoms. The molecule has 1 radical (unpaired) electrons. The van der Waals surface area contributed by atoms with Gasteiger partial charge in [-0.2, -0.15) is 0 Å². The summed E-state index contributed by atoms with van der Waals surface area (Å²) in [5.74, 6) is -0.458. The number of carbonyl (C=O) groups excluding carboxylic acids is 2. The third-order valence-electron chi connectivity index (χ3n) is 2.01. The van der Waals surface area contributed by atoms with Gasteiger partial charge in [-0.3, -0.25) is 10.1 Å². The number of hydrogen-bond acceptors (Lipinski definition) is 4. The molecule has 1 aromatic carbocycles. The van der Waals surface area contributed by atoms with Crippen molar-refractivity contribution in [3.05, 3.63) is 42.3 Å². The number of esters is 1. The lowest BCUT2D eigenvalue weighted by Gasteiger charge is -2.07. The first-order valence-electron chi connectivity index (χ1n) is 5.67. The summed E-state index contributed by atoms with van der Waals surface area (Å²) < 4.78 is 9.62. The van der Waals surface area contributed by atoms with Crippen molar-refractivity contribution in [3.63, 3.8) is 0 Å². The summed E-state index contributed by atoms with van der Waals surface area (Å²) in [6, 6.07) is 9.30. The molecule has 0 bridgehead atoms. The quantitative estimate of drug-likeness (QED) is 0.619. The third kappa shape index (κ3) is 5.89. The Balaban J connectivity index is 2.13. The van der Waals surface area contributed by atoms with E-state index in [-0.39, 0.29) is 13.3 Å². The van der Waals surface area contributed by atoms with Crippen molar-refractivity contribution in [2.24, 2.45) is 0 Å². The second kappa shape index (κ2) is 8.11. The lowest BCUT2D eigenvalue weighted by atomic mass is 10.2. The van der Waals surface area contributed by atoms with Gasteiger partial charge in [-0.25, -0.2) is 4.79 Å². The lowest BCUT2D eigenvalue weighted by Crippen LogP contribution is -2.28. The van der Waals surface area contributed by atoms with Crippen LogP contribution in [0.1, 0.15) is 18.9 Å². The standard InChI is InChI=1S/C13H16NO4/c1-2-6-12(15)18-10-14-13(16)17-9-11-7-4-3-5-8-11/h3-8H,2,9-10H2,1H3,(H,14,16). The molecule has 0 aliphatic carbocycles. The highest BCUT2D eigenvalue weighted by molar-refractivity contribution is 5.78. The first-order chi connectivity index (χ1) is 8.72. The van der Waals surface area contributed by atoms with Crippen molar-refractivity contribution >= 4 is 12.1 Å². The molecule has 97 valence electrons. The molecule has 0 spiro atoms. The molecule has 1 rings (SSSR count). The minimum absolute atomic E-state index is 0.182. The zero-order valence-corrected chi connectivity index (χ0v) is 10.2. The molecule has 0 aliphatic heterocycles. The minimum atomic E-state index is -0.622. The van der Waals surface area contributed by atoms with E-state index in [1.165, 1.54) is 6.42 Å². The van der Waals surface area contributed by atoms with Crippen molar-refractivity contribution in [2.45, 2.75) is 20.0 Å². The Morgan fingerprint density at radius 2 is 1.94 bits per heavy atom. The molecule has 0 heterocycles. The molecule has 5 nitrogen and oxygen atoms in total. The summed E-state index contributed by atoms with van der Waals surface area (Å²) in [7, 11) is 0. The number of alkyl carbamates (subject to hydrolysis) is 1. The molecule has 0 aromatic heterocycles. The third-order valence-corrected chi connectivity index (χ3v) is 2.01. The van der Waals surface area contributed by atoms with Crippen LogP contribution < -0.4 is 5.32 Å². The van der Waals surface area contributed by atoms with Gasteiger partial charge in [0.05, 0.1) is 6.42 Å². The van der Waals surface area contributed by atoms with Crippen molar-refractivity contribution < 1.29 is 19.1 Å². The van der Waals surface area contributed by atoms with E-state index < -0.39 is 12.1 Å². The molecule has 0 unspecified atom stereocenters. The highest BCUT2D eigenvalue weighted by Gasteiger charge is 2.04. The Labute approximate surface area is 106 Å². The number of nitrogens with one attached hydrogen (secondary N) is 1. The first kappa shape index (κ1) is 14.0. The topological polar surface area (TPSA) is 64.6 Å². The molecular weight excluding hydrogens is 234 g/mol. The van der Waals surface area contributed by atoms with Crippen LogP contribution in [-0.4, -0.2) is 18.8 Å². The van der Waals surface area contributed by atoms with E-state index in [4.69, 9.17) is 9.47 Å². The Kier molecular flexibility index (Phi) is 6.32. The zero-order valence-electron chi connectivity index (χ0n) is 10.2. The SMILES string of the molecule is CC[CH]C(=O)OCNC(=O)OCc1ccccc1. The Bertz CT molecular complexity index is 378. The smallest absolute Gasteiger partial charge is 0.410 e. The fourth-order valence-corrected chi connectivity index (χ4v) is 1.17. The molecule has 0 saturated carbocycles. The van der Waals surface area contributed by atoms with Crippen LogP contribution in [0.5, 0.6) is 0 Å². The van der Waals surface area contributed by atoms with Gasteiger partial charge in [0.1, 0.15) is 6.61 Å². The largest absolute Gasteiger partial charge is 0.445 e. The first-order valence-corrected chi connectivity index (χ1v) is 5.67. The molecule has 1 amide bonds. The predicted molar refractivity (Wildman–Crippen MR) is 65.3 cm³/mol. The maximum Gasteiger partial charge on any atom is 0.410 e. The number of hydrogen-bond donors (Lipinski definition) is 1. The molecule has 1 N–H and O–H groups in total. The van der Waals surface area contributed by atoms with Gasteiger partial charge < -0.3 is 9.47 Å². The van der Waals surface area contributed by atoms with E-state index in [1.54, 1.807) is 0 Å². The second-order valence-electron chi connectivity index (χ2n) is 3.46. The van der Waals surface area contributed by atoms with Crippen molar-refractivity contribution in [1.82, 2.24) is 5.32 Å². The summed E-state index contributed by atoms with van der Waals surface area (Å²) in [5.41, 5.74) is 0.893. The van der Waals surface area contributed by atoms with Gasteiger partial charge in [0.2, 0.25) is 0 Å². The maximum absolute atomic E-state index is 11.2. The minimum Gasteiger partial charge on any atom is -0.445 e. The Morgan fingerprint density at radius 1 is 1.22 bits per heavy atom. The molecule has 0 saturated heterocycles. The second-order valence-corrected chi connectivity index (χ2v) is 3.46. The van der Waals surface area contributed by atoms with Crippen LogP contribution in [0.15, 0.2) is 30.3 Å². The molecule has 0 fully saturated rings. The molecular formula is C13H16NO4. The van der Waals surface area contributed by atoms with Gasteiger partial charge >= 0.3 is 12.1 Å². The molecule has 1 aromatic rings. The number of rotatable bonds is 6. The normalized spacial score (nSPS) is 9.61. The van der Waals surface area contributed by atoms with E-state index in [2.05, 4.69) is 5.32 Å². The summed E-state index contributed by atoms with van der Waals surface area (Å²) in [4.78, 5) is 22.2.